The first-order valence-corrected chi connectivity index (χ1v) is 14.7. The Kier molecular flexibility index (Phi) is 9.54. The Hall–Kier alpha value is -3.35. The lowest BCUT2D eigenvalue weighted by Gasteiger charge is -2.36. The van der Waals surface area contributed by atoms with Crippen molar-refractivity contribution in [1.29, 1.82) is 0 Å². The van der Waals surface area contributed by atoms with E-state index in [1.54, 1.807) is 25.7 Å². The molecule has 0 spiro atoms. The van der Waals surface area contributed by atoms with E-state index in [1.807, 2.05) is 61.5 Å². The van der Waals surface area contributed by atoms with Gasteiger partial charge < -0.3 is 20.3 Å². The number of carbonyl (C=O) groups is 3. The van der Waals surface area contributed by atoms with Crippen molar-refractivity contribution >= 4 is 17.9 Å². The molecule has 2 aliphatic rings. The number of hydrogen-bond acceptors (Lipinski definition) is 4. The van der Waals surface area contributed by atoms with Crippen LogP contribution in [0.5, 0.6) is 0 Å². The Morgan fingerprint density at radius 1 is 0.975 bits per heavy atom. The molecule has 7 nitrogen and oxygen atoms in total. The molecule has 2 N–H and O–H groups in total. The summed E-state index contributed by atoms with van der Waals surface area (Å²) in [5.74, 6) is -0.155. The quantitative estimate of drug-likeness (QED) is 0.412. The average molecular weight is 548 g/mol. The summed E-state index contributed by atoms with van der Waals surface area (Å²) in [5.41, 5.74) is 1.98. The number of rotatable bonds is 9. The van der Waals surface area contributed by atoms with Crippen molar-refractivity contribution in [3.63, 3.8) is 0 Å². The largest absolute Gasteiger partial charge is 0.444 e. The highest BCUT2D eigenvalue weighted by Gasteiger charge is 2.48. The summed E-state index contributed by atoms with van der Waals surface area (Å²) < 4.78 is 5.55. The van der Waals surface area contributed by atoms with Crippen molar-refractivity contribution in [2.24, 2.45) is 5.92 Å². The molecule has 0 aliphatic heterocycles. The number of carbonyl (C=O) groups excluding carboxylic acids is 3. The number of aryl methyl sites for hydroxylation is 1. The molecule has 3 amide bonds. The Balaban J connectivity index is 1.71. The van der Waals surface area contributed by atoms with Crippen molar-refractivity contribution in [3.05, 3.63) is 71.3 Å². The van der Waals surface area contributed by atoms with Gasteiger partial charge in [0.05, 0.1) is 0 Å². The molecule has 216 valence electrons. The van der Waals surface area contributed by atoms with Gasteiger partial charge in [-0.05, 0) is 69.6 Å². The zero-order valence-corrected chi connectivity index (χ0v) is 24.6. The lowest BCUT2D eigenvalue weighted by atomic mass is 9.93. The molecule has 4 rings (SSSR count). The first kappa shape index (κ1) is 29.6. The predicted molar refractivity (Wildman–Crippen MR) is 157 cm³/mol. The van der Waals surface area contributed by atoms with Gasteiger partial charge in [0.2, 0.25) is 11.8 Å². The van der Waals surface area contributed by atoms with E-state index in [1.165, 1.54) is 6.42 Å². The third-order valence-corrected chi connectivity index (χ3v) is 7.91. The van der Waals surface area contributed by atoms with Crippen LogP contribution in [0, 0.1) is 12.8 Å². The van der Waals surface area contributed by atoms with Crippen molar-refractivity contribution in [2.45, 2.75) is 109 Å². The first-order valence-electron chi connectivity index (χ1n) is 14.7. The van der Waals surface area contributed by atoms with Crippen LogP contribution in [0.15, 0.2) is 54.6 Å². The third kappa shape index (κ3) is 7.86. The fourth-order valence-corrected chi connectivity index (χ4v) is 5.69. The van der Waals surface area contributed by atoms with Gasteiger partial charge in [0.15, 0.2) is 0 Å². The van der Waals surface area contributed by atoms with Gasteiger partial charge in [-0.1, -0.05) is 80.8 Å². The van der Waals surface area contributed by atoms with Gasteiger partial charge in [-0.2, -0.15) is 0 Å². The maximum Gasteiger partial charge on any atom is 0.408 e. The van der Waals surface area contributed by atoms with Crippen LogP contribution < -0.4 is 10.6 Å². The maximum atomic E-state index is 14.6. The number of ether oxygens (including phenoxy) is 1. The van der Waals surface area contributed by atoms with Gasteiger partial charge >= 0.3 is 6.09 Å². The highest BCUT2D eigenvalue weighted by molar-refractivity contribution is 5.93. The van der Waals surface area contributed by atoms with Gasteiger partial charge in [0, 0.05) is 18.5 Å². The summed E-state index contributed by atoms with van der Waals surface area (Å²) in [6.07, 6.45) is 5.76. The molecule has 2 aromatic rings. The summed E-state index contributed by atoms with van der Waals surface area (Å²) in [5, 5.41) is 6.15. The molecule has 4 atom stereocenters. The van der Waals surface area contributed by atoms with E-state index in [0.29, 0.717) is 6.42 Å². The molecule has 40 heavy (non-hydrogen) atoms. The smallest absolute Gasteiger partial charge is 0.408 e. The van der Waals surface area contributed by atoms with Crippen LogP contribution in [0.25, 0.3) is 0 Å². The number of benzene rings is 2. The van der Waals surface area contributed by atoms with E-state index in [2.05, 4.69) is 17.6 Å². The molecule has 7 heteroatoms. The Morgan fingerprint density at radius 3 is 2.20 bits per heavy atom. The molecule has 0 heterocycles. The highest BCUT2D eigenvalue weighted by Crippen LogP contribution is 2.41. The van der Waals surface area contributed by atoms with Crippen LogP contribution in [-0.4, -0.2) is 46.5 Å². The fourth-order valence-electron chi connectivity index (χ4n) is 5.69. The molecule has 2 saturated carbocycles. The molecule has 0 saturated heterocycles. The van der Waals surface area contributed by atoms with E-state index in [0.717, 1.165) is 48.8 Å². The van der Waals surface area contributed by atoms with Crippen LogP contribution >= 0.6 is 0 Å². The van der Waals surface area contributed by atoms with Crippen LogP contribution in [0.3, 0.4) is 0 Å². The number of nitrogens with zero attached hydrogens (tertiary/aromatic N) is 1. The van der Waals surface area contributed by atoms with Gasteiger partial charge in [-0.15, -0.1) is 0 Å². The lowest BCUT2D eigenvalue weighted by Crippen LogP contribution is -2.55. The van der Waals surface area contributed by atoms with Crippen LogP contribution in [0.4, 0.5) is 4.79 Å². The van der Waals surface area contributed by atoms with E-state index in [4.69, 9.17) is 4.74 Å². The summed E-state index contributed by atoms with van der Waals surface area (Å²) >= 11 is 0. The zero-order chi connectivity index (χ0) is 28.9. The first-order chi connectivity index (χ1) is 19.0. The molecule has 0 bridgehead atoms. The number of nitrogens with one attached hydrogen (secondary N) is 2. The summed E-state index contributed by atoms with van der Waals surface area (Å²) in [4.78, 5) is 43.4. The summed E-state index contributed by atoms with van der Waals surface area (Å²) in [6, 6.07) is 15.8. The highest BCUT2D eigenvalue weighted by atomic mass is 16.6. The number of amides is 3. The SMILES string of the molecule is Cc1ccccc1C(C(=O)NC1CCCCC1)N(C(=O)C(Cc1ccccc1)NC(=O)OC(C)(C)C)C1CC1C. The maximum absolute atomic E-state index is 14.6. The van der Waals surface area contributed by atoms with E-state index in [-0.39, 0.29) is 29.8 Å². The standard InChI is InChI=1S/C33H45N3O4/c1-22-14-12-13-19-26(22)29(30(37)34-25-17-10-7-11-18-25)36(28-20-23(28)2)31(38)27(21-24-15-8-6-9-16-24)35-32(39)40-33(3,4)5/h6,8-9,12-16,19,23,25,27-29H,7,10-11,17-18,20-21H2,1-5H3,(H,34,37)(H,35,39). The fraction of sp³-hybridized carbons (Fsp3) is 0.545. The van der Waals surface area contributed by atoms with Crippen molar-refractivity contribution in [2.75, 3.05) is 0 Å². The second-order valence-electron chi connectivity index (χ2n) is 12.5. The average Bonchev–Trinajstić information content (AvgIpc) is 3.62. The van der Waals surface area contributed by atoms with Crippen LogP contribution in [0.2, 0.25) is 0 Å². The number of alkyl carbamates (subject to hydrolysis) is 1. The third-order valence-electron chi connectivity index (χ3n) is 7.91. The summed E-state index contributed by atoms with van der Waals surface area (Å²) in [6.45, 7) is 9.47. The molecule has 2 aromatic carbocycles. The summed E-state index contributed by atoms with van der Waals surface area (Å²) in [7, 11) is 0. The molecule has 0 radical (unpaired) electrons. The molecular formula is C33H45N3O4. The predicted octanol–water partition coefficient (Wildman–Crippen LogP) is 5.86. The zero-order valence-electron chi connectivity index (χ0n) is 24.6. The van der Waals surface area contributed by atoms with Crippen molar-refractivity contribution in [3.8, 4) is 0 Å². The van der Waals surface area contributed by atoms with E-state index >= 15 is 0 Å². The molecule has 4 unspecified atom stereocenters. The van der Waals surface area contributed by atoms with Gasteiger partial charge in [0.1, 0.15) is 17.7 Å². The lowest BCUT2D eigenvalue weighted by molar-refractivity contribution is -0.143. The minimum Gasteiger partial charge on any atom is -0.444 e. The second kappa shape index (κ2) is 12.9. The van der Waals surface area contributed by atoms with Gasteiger partial charge in [-0.3, -0.25) is 9.59 Å². The molecule has 2 aliphatic carbocycles. The van der Waals surface area contributed by atoms with Gasteiger partial charge in [0.25, 0.3) is 0 Å². The van der Waals surface area contributed by atoms with Crippen LogP contribution in [0.1, 0.15) is 89.0 Å². The normalized spacial score (nSPS) is 20.6. The van der Waals surface area contributed by atoms with E-state index in [9.17, 15) is 14.4 Å². The van der Waals surface area contributed by atoms with Crippen molar-refractivity contribution < 1.29 is 19.1 Å². The second-order valence-corrected chi connectivity index (χ2v) is 12.5. The Morgan fingerprint density at radius 2 is 1.60 bits per heavy atom. The molecule has 2 fully saturated rings. The Labute approximate surface area is 239 Å². The Bertz CT molecular complexity index is 1170. The van der Waals surface area contributed by atoms with Crippen LogP contribution in [-0.2, 0) is 20.7 Å². The van der Waals surface area contributed by atoms with Gasteiger partial charge in [-0.25, -0.2) is 4.79 Å². The molecule has 0 aromatic heterocycles. The minimum absolute atomic E-state index is 0.0899. The monoisotopic (exact) mass is 547 g/mol. The molecular weight excluding hydrogens is 502 g/mol. The minimum atomic E-state index is -0.890. The number of hydrogen-bond donors (Lipinski definition) is 2. The van der Waals surface area contributed by atoms with E-state index < -0.39 is 23.8 Å². The topological polar surface area (TPSA) is 87.7 Å². The van der Waals surface area contributed by atoms with Crippen molar-refractivity contribution in [1.82, 2.24) is 15.5 Å².